The number of nitrogens with zero attached hydrogens (tertiary/aromatic N) is 3. The SMILES string of the molecule is NC(=O)c1ccc(-c2nccs2)c2oc(N3CC4CC(C3)N4)nc12. The fraction of sp³-hybridized carbons (Fsp3) is 0.312. The second-order valence-corrected chi connectivity index (χ2v) is 7.13. The predicted molar refractivity (Wildman–Crippen MR) is 91.2 cm³/mol. The quantitative estimate of drug-likeness (QED) is 0.751. The Bertz CT molecular complexity index is 920. The van der Waals surface area contributed by atoms with E-state index in [1.807, 2.05) is 11.4 Å². The van der Waals surface area contributed by atoms with Crippen molar-refractivity contribution in [3.05, 3.63) is 29.3 Å². The number of anilines is 1. The monoisotopic (exact) mass is 341 g/mol. The van der Waals surface area contributed by atoms with Crippen LogP contribution in [-0.2, 0) is 0 Å². The lowest BCUT2D eigenvalue weighted by atomic mass is 9.92. The summed E-state index contributed by atoms with van der Waals surface area (Å²) in [5, 5.41) is 6.22. The number of thiazole rings is 1. The van der Waals surface area contributed by atoms with Gasteiger partial charge in [0, 0.05) is 36.8 Å². The van der Waals surface area contributed by atoms with Crippen molar-refractivity contribution in [1.29, 1.82) is 0 Å². The van der Waals surface area contributed by atoms with E-state index in [1.54, 1.807) is 12.3 Å². The van der Waals surface area contributed by atoms with Gasteiger partial charge in [-0.25, -0.2) is 4.98 Å². The van der Waals surface area contributed by atoms with Gasteiger partial charge in [0.2, 0.25) is 0 Å². The lowest BCUT2D eigenvalue weighted by Crippen LogP contribution is -2.67. The van der Waals surface area contributed by atoms with Crippen LogP contribution in [0.1, 0.15) is 16.8 Å². The van der Waals surface area contributed by atoms with E-state index in [1.165, 1.54) is 17.8 Å². The molecular weight excluding hydrogens is 326 g/mol. The third-order valence-electron chi connectivity index (χ3n) is 4.65. The van der Waals surface area contributed by atoms with Crippen LogP contribution in [-0.4, -0.2) is 41.0 Å². The number of primary amides is 1. The summed E-state index contributed by atoms with van der Waals surface area (Å²) in [5.74, 6) is -0.506. The Morgan fingerprint density at radius 1 is 1.38 bits per heavy atom. The fourth-order valence-electron chi connectivity index (χ4n) is 3.52. The van der Waals surface area contributed by atoms with Crippen LogP contribution in [0.25, 0.3) is 21.7 Å². The number of aromatic nitrogens is 2. The van der Waals surface area contributed by atoms with E-state index < -0.39 is 5.91 Å². The largest absolute Gasteiger partial charge is 0.423 e. The number of nitrogens with one attached hydrogen (secondary N) is 1. The molecule has 7 nitrogen and oxygen atoms in total. The van der Waals surface area contributed by atoms with Gasteiger partial charge in [-0.05, 0) is 18.6 Å². The molecule has 6 rings (SSSR count). The van der Waals surface area contributed by atoms with Crippen molar-refractivity contribution in [3.8, 4) is 10.6 Å². The number of amides is 1. The fourth-order valence-corrected chi connectivity index (χ4v) is 4.18. The lowest BCUT2D eigenvalue weighted by molar-refractivity contribution is 0.100. The number of rotatable bonds is 3. The first-order valence-electron chi connectivity index (χ1n) is 7.83. The standard InChI is InChI=1S/C16H15N5O2S/c17-14(22)10-1-2-11(15-18-3-4-24-15)13-12(10)20-16(23-13)21-6-8-5-9(7-21)19-8/h1-4,8-9,19H,5-7H2,(H2,17,22). The number of carbonyl (C=O) groups excluding carboxylic acids is 1. The molecule has 0 radical (unpaired) electrons. The summed E-state index contributed by atoms with van der Waals surface area (Å²) in [6.45, 7) is 1.73. The van der Waals surface area contributed by atoms with E-state index >= 15 is 0 Å². The van der Waals surface area contributed by atoms with E-state index in [-0.39, 0.29) is 0 Å². The molecule has 24 heavy (non-hydrogen) atoms. The molecule has 5 heterocycles. The van der Waals surface area contributed by atoms with Gasteiger partial charge in [-0.3, -0.25) is 4.79 Å². The van der Waals surface area contributed by atoms with Crippen molar-refractivity contribution in [2.45, 2.75) is 18.5 Å². The van der Waals surface area contributed by atoms with Gasteiger partial charge in [0.1, 0.15) is 10.5 Å². The number of benzene rings is 1. The normalized spacial score (nSPS) is 22.6. The summed E-state index contributed by atoms with van der Waals surface area (Å²) < 4.78 is 6.07. The number of nitrogens with two attached hydrogens (primary N) is 1. The summed E-state index contributed by atoms with van der Waals surface area (Å²) in [7, 11) is 0. The summed E-state index contributed by atoms with van der Waals surface area (Å²) in [4.78, 5) is 22.8. The molecule has 8 heteroatoms. The number of hydrogen-bond acceptors (Lipinski definition) is 7. The average Bonchev–Trinajstić information content (AvgIpc) is 3.23. The summed E-state index contributed by atoms with van der Waals surface area (Å²) in [6, 6.07) is 5.06. The molecule has 3 aromatic rings. The minimum Gasteiger partial charge on any atom is -0.423 e. The molecule has 2 atom stereocenters. The smallest absolute Gasteiger partial charge is 0.298 e. The molecule has 3 aliphatic rings. The van der Waals surface area contributed by atoms with Crippen LogP contribution in [0, 0.1) is 0 Å². The third-order valence-corrected chi connectivity index (χ3v) is 5.46. The van der Waals surface area contributed by atoms with Crippen molar-refractivity contribution < 1.29 is 9.21 Å². The lowest BCUT2D eigenvalue weighted by Gasteiger charge is -2.47. The second-order valence-electron chi connectivity index (χ2n) is 6.24. The molecule has 2 unspecified atom stereocenters. The molecule has 3 aliphatic heterocycles. The van der Waals surface area contributed by atoms with Crippen molar-refractivity contribution >= 4 is 34.4 Å². The van der Waals surface area contributed by atoms with Gasteiger partial charge in [-0.15, -0.1) is 11.3 Å². The Kier molecular flexibility index (Phi) is 2.92. The number of piperidine rings is 1. The Labute approximate surface area is 141 Å². The van der Waals surface area contributed by atoms with Gasteiger partial charge in [0.15, 0.2) is 5.58 Å². The van der Waals surface area contributed by atoms with Crippen molar-refractivity contribution in [2.24, 2.45) is 5.73 Å². The van der Waals surface area contributed by atoms with Gasteiger partial charge < -0.3 is 20.4 Å². The van der Waals surface area contributed by atoms with E-state index in [9.17, 15) is 4.79 Å². The maximum atomic E-state index is 11.8. The Hall–Kier alpha value is -2.45. The summed E-state index contributed by atoms with van der Waals surface area (Å²) >= 11 is 1.52. The highest BCUT2D eigenvalue weighted by molar-refractivity contribution is 7.13. The molecule has 2 aromatic heterocycles. The van der Waals surface area contributed by atoms with Crippen LogP contribution >= 0.6 is 11.3 Å². The first kappa shape index (κ1) is 13.9. The van der Waals surface area contributed by atoms with Crippen LogP contribution in [0.4, 0.5) is 6.01 Å². The molecule has 1 aromatic carbocycles. The Morgan fingerprint density at radius 2 is 2.17 bits per heavy atom. The summed E-state index contributed by atoms with van der Waals surface area (Å²) in [6.07, 6.45) is 2.95. The summed E-state index contributed by atoms with van der Waals surface area (Å²) in [5.41, 5.74) is 7.80. The highest BCUT2D eigenvalue weighted by Crippen LogP contribution is 2.36. The molecule has 1 amide bonds. The van der Waals surface area contributed by atoms with Crippen molar-refractivity contribution in [2.75, 3.05) is 18.0 Å². The number of piperazine rings is 1. The van der Waals surface area contributed by atoms with Gasteiger partial charge in [-0.1, -0.05) is 0 Å². The molecule has 3 fully saturated rings. The topological polar surface area (TPSA) is 97.3 Å². The van der Waals surface area contributed by atoms with Crippen LogP contribution < -0.4 is 16.0 Å². The molecule has 3 N–H and O–H groups in total. The van der Waals surface area contributed by atoms with Crippen molar-refractivity contribution in [3.63, 3.8) is 0 Å². The molecule has 3 saturated heterocycles. The number of oxazole rings is 1. The predicted octanol–water partition coefficient (Wildman–Crippen LogP) is 1.60. The molecule has 0 aliphatic carbocycles. The number of hydrogen-bond donors (Lipinski definition) is 2. The zero-order valence-corrected chi connectivity index (χ0v) is 13.5. The average molecular weight is 341 g/mol. The van der Waals surface area contributed by atoms with Gasteiger partial charge in [0.05, 0.1) is 11.1 Å². The van der Waals surface area contributed by atoms with Crippen LogP contribution in [0.5, 0.6) is 0 Å². The third kappa shape index (κ3) is 2.03. The Morgan fingerprint density at radius 3 is 2.83 bits per heavy atom. The van der Waals surface area contributed by atoms with Crippen LogP contribution in [0.3, 0.4) is 0 Å². The second kappa shape index (κ2) is 5.02. The molecule has 0 saturated carbocycles. The van der Waals surface area contributed by atoms with Crippen molar-refractivity contribution in [1.82, 2.24) is 15.3 Å². The highest BCUT2D eigenvalue weighted by Gasteiger charge is 2.38. The number of fused-ring (bicyclic) bond motifs is 3. The van der Waals surface area contributed by atoms with E-state index in [0.29, 0.717) is 34.8 Å². The zero-order chi connectivity index (χ0) is 16.3. The first-order chi connectivity index (χ1) is 11.7. The van der Waals surface area contributed by atoms with E-state index in [4.69, 9.17) is 10.2 Å². The highest BCUT2D eigenvalue weighted by atomic mass is 32.1. The van der Waals surface area contributed by atoms with Gasteiger partial charge in [-0.2, -0.15) is 4.98 Å². The molecule has 2 bridgehead atoms. The Balaban J connectivity index is 1.66. The van der Waals surface area contributed by atoms with E-state index in [0.717, 1.165) is 23.7 Å². The molecule has 0 spiro atoms. The minimum absolute atomic E-state index is 0.376. The van der Waals surface area contributed by atoms with E-state index in [2.05, 4.69) is 20.2 Å². The minimum atomic E-state index is -0.506. The zero-order valence-electron chi connectivity index (χ0n) is 12.7. The number of carbonyl (C=O) groups is 1. The van der Waals surface area contributed by atoms with Gasteiger partial charge >= 0.3 is 0 Å². The maximum absolute atomic E-state index is 11.8. The molecular formula is C16H15N5O2S. The van der Waals surface area contributed by atoms with Gasteiger partial charge in [0.25, 0.3) is 11.9 Å². The molecule has 122 valence electrons. The van der Waals surface area contributed by atoms with Crippen LogP contribution in [0.2, 0.25) is 0 Å². The van der Waals surface area contributed by atoms with Crippen LogP contribution in [0.15, 0.2) is 28.1 Å². The maximum Gasteiger partial charge on any atom is 0.298 e. The first-order valence-corrected chi connectivity index (χ1v) is 8.71.